The Labute approximate surface area is 156 Å². The Morgan fingerprint density at radius 2 is 2.19 bits per heavy atom. The van der Waals surface area contributed by atoms with Gasteiger partial charge in [-0.05, 0) is 52.3 Å². The summed E-state index contributed by atoms with van der Waals surface area (Å²) < 4.78 is 5.84. The number of hydrogen-bond donors (Lipinski definition) is 1. The van der Waals surface area contributed by atoms with Crippen LogP contribution in [0.4, 0.5) is 4.79 Å². The van der Waals surface area contributed by atoms with Gasteiger partial charge < -0.3 is 19.9 Å². The normalized spacial score (nSPS) is 25.2. The second-order valence-corrected chi connectivity index (χ2v) is 7.90. The first kappa shape index (κ1) is 19.0. The van der Waals surface area contributed by atoms with E-state index >= 15 is 0 Å². The molecule has 3 rings (SSSR count). The molecule has 0 aromatic carbocycles. The van der Waals surface area contributed by atoms with Gasteiger partial charge in [-0.1, -0.05) is 12.8 Å². The van der Waals surface area contributed by atoms with Crippen molar-refractivity contribution in [1.29, 1.82) is 0 Å². The van der Waals surface area contributed by atoms with Gasteiger partial charge in [0.25, 0.3) is 0 Å². The number of pyridine rings is 1. The average molecular weight is 361 g/mol. The molecule has 6 nitrogen and oxygen atoms in total. The van der Waals surface area contributed by atoms with E-state index < -0.39 is 0 Å². The highest BCUT2D eigenvalue weighted by Gasteiger charge is 2.42. The van der Waals surface area contributed by atoms with Gasteiger partial charge in [0.15, 0.2) is 0 Å². The molecule has 1 aromatic rings. The molecule has 6 heteroatoms. The predicted molar refractivity (Wildman–Crippen MR) is 102 cm³/mol. The van der Waals surface area contributed by atoms with Gasteiger partial charge in [-0.3, -0.25) is 4.98 Å². The fraction of sp³-hybridized carbons (Fsp3) is 0.700. The van der Waals surface area contributed by atoms with Crippen molar-refractivity contribution in [3.63, 3.8) is 0 Å². The van der Waals surface area contributed by atoms with Gasteiger partial charge in [0.1, 0.15) is 12.4 Å². The summed E-state index contributed by atoms with van der Waals surface area (Å²) in [7, 11) is 4.03. The van der Waals surface area contributed by atoms with Crippen LogP contribution in [0.15, 0.2) is 18.5 Å². The maximum Gasteiger partial charge on any atom is 0.318 e. The topological polar surface area (TPSA) is 57.7 Å². The smallest absolute Gasteiger partial charge is 0.318 e. The van der Waals surface area contributed by atoms with Crippen molar-refractivity contribution in [3.05, 3.63) is 24.0 Å². The number of amides is 2. The molecule has 26 heavy (non-hydrogen) atoms. The fourth-order valence-corrected chi connectivity index (χ4v) is 4.34. The van der Waals surface area contributed by atoms with Crippen molar-refractivity contribution in [2.24, 2.45) is 5.92 Å². The lowest BCUT2D eigenvalue weighted by molar-refractivity contribution is 0.155. The van der Waals surface area contributed by atoms with E-state index in [1.165, 1.54) is 19.3 Å². The molecule has 1 saturated heterocycles. The molecule has 0 bridgehead atoms. The van der Waals surface area contributed by atoms with Gasteiger partial charge in [-0.2, -0.15) is 0 Å². The van der Waals surface area contributed by atoms with Crippen LogP contribution in [0.3, 0.4) is 0 Å². The Kier molecular flexibility index (Phi) is 6.35. The standard InChI is InChI=1S/C20H32N4O2/c1-15-12-16-6-4-5-7-18(16)24(15)20(25)22-13-17-8-9-21-14-19(17)26-11-10-23(2)3/h8-9,14-16,18H,4-7,10-13H2,1-3H3,(H,22,25). The van der Waals surface area contributed by atoms with Gasteiger partial charge in [-0.15, -0.1) is 0 Å². The highest BCUT2D eigenvalue weighted by atomic mass is 16.5. The molecule has 1 aliphatic carbocycles. The highest BCUT2D eigenvalue weighted by Crippen LogP contribution is 2.39. The third-order valence-corrected chi connectivity index (χ3v) is 5.68. The van der Waals surface area contributed by atoms with Crippen LogP contribution in [-0.4, -0.2) is 60.1 Å². The Hall–Kier alpha value is -1.82. The molecule has 2 heterocycles. The maximum atomic E-state index is 12.9. The molecule has 1 aliphatic heterocycles. The molecule has 0 spiro atoms. The van der Waals surface area contributed by atoms with E-state index in [0.29, 0.717) is 31.2 Å². The quantitative estimate of drug-likeness (QED) is 0.847. The molecule has 1 aromatic heterocycles. The van der Waals surface area contributed by atoms with Crippen LogP contribution < -0.4 is 10.1 Å². The average Bonchev–Trinajstić information content (AvgIpc) is 2.96. The summed E-state index contributed by atoms with van der Waals surface area (Å²) in [6.07, 6.45) is 9.60. The first-order valence-electron chi connectivity index (χ1n) is 9.83. The Balaban J connectivity index is 1.57. The van der Waals surface area contributed by atoms with Crippen molar-refractivity contribution in [1.82, 2.24) is 20.1 Å². The molecule has 2 amide bonds. The Bertz CT molecular complexity index is 607. The van der Waals surface area contributed by atoms with Crippen LogP contribution in [0.1, 0.15) is 44.6 Å². The molecular formula is C20H32N4O2. The van der Waals surface area contributed by atoms with Crippen LogP contribution in [0, 0.1) is 5.92 Å². The van der Waals surface area contributed by atoms with Gasteiger partial charge in [-0.25, -0.2) is 4.79 Å². The number of carbonyl (C=O) groups is 1. The van der Waals surface area contributed by atoms with E-state index in [9.17, 15) is 4.79 Å². The van der Waals surface area contributed by atoms with E-state index in [0.717, 1.165) is 30.7 Å². The number of likely N-dealkylation sites (tertiary alicyclic amines) is 1. The van der Waals surface area contributed by atoms with Gasteiger partial charge >= 0.3 is 6.03 Å². The van der Waals surface area contributed by atoms with Crippen molar-refractivity contribution in [2.45, 2.75) is 57.7 Å². The molecule has 0 radical (unpaired) electrons. The third kappa shape index (κ3) is 4.47. The minimum atomic E-state index is 0.0583. The van der Waals surface area contributed by atoms with Gasteiger partial charge in [0.05, 0.1) is 6.20 Å². The molecule has 1 N–H and O–H groups in total. The number of aromatic nitrogens is 1. The minimum Gasteiger partial charge on any atom is -0.490 e. The van der Waals surface area contributed by atoms with E-state index in [4.69, 9.17) is 4.74 Å². The summed E-state index contributed by atoms with van der Waals surface area (Å²) in [5.74, 6) is 1.44. The third-order valence-electron chi connectivity index (χ3n) is 5.68. The lowest BCUT2D eigenvalue weighted by Crippen LogP contribution is -2.47. The zero-order valence-corrected chi connectivity index (χ0v) is 16.3. The number of urea groups is 1. The SMILES string of the molecule is CC1CC2CCCCC2N1C(=O)NCc1ccncc1OCCN(C)C. The minimum absolute atomic E-state index is 0.0583. The monoisotopic (exact) mass is 360 g/mol. The summed E-state index contributed by atoms with van der Waals surface area (Å²) in [6.45, 7) is 4.10. The highest BCUT2D eigenvalue weighted by molar-refractivity contribution is 5.75. The molecule has 144 valence electrons. The second kappa shape index (κ2) is 8.71. The number of ether oxygens (including phenoxy) is 1. The van der Waals surface area contributed by atoms with Crippen LogP contribution in [0.2, 0.25) is 0 Å². The van der Waals surface area contributed by atoms with E-state index in [2.05, 4.69) is 27.0 Å². The lowest BCUT2D eigenvalue weighted by Gasteiger charge is -2.33. The maximum absolute atomic E-state index is 12.9. The summed E-state index contributed by atoms with van der Waals surface area (Å²) >= 11 is 0. The van der Waals surface area contributed by atoms with Crippen molar-refractivity contribution >= 4 is 6.03 Å². The lowest BCUT2D eigenvalue weighted by atomic mass is 9.85. The number of carbonyl (C=O) groups excluding carboxylic acids is 1. The summed E-state index contributed by atoms with van der Waals surface area (Å²) in [4.78, 5) is 21.2. The molecule has 2 fully saturated rings. The Morgan fingerprint density at radius 1 is 1.38 bits per heavy atom. The van der Waals surface area contributed by atoms with Gasteiger partial charge in [0, 0.05) is 36.9 Å². The molecular weight excluding hydrogens is 328 g/mol. The molecule has 2 aliphatic rings. The van der Waals surface area contributed by atoms with Crippen LogP contribution in [0.5, 0.6) is 5.75 Å². The van der Waals surface area contributed by atoms with Crippen molar-refractivity contribution in [3.8, 4) is 5.75 Å². The van der Waals surface area contributed by atoms with Crippen molar-refractivity contribution < 1.29 is 9.53 Å². The van der Waals surface area contributed by atoms with Crippen LogP contribution in [-0.2, 0) is 6.54 Å². The summed E-state index contributed by atoms with van der Waals surface area (Å²) in [6, 6.07) is 2.73. The first-order chi connectivity index (χ1) is 12.6. The van der Waals surface area contributed by atoms with E-state index in [1.54, 1.807) is 12.4 Å². The zero-order valence-electron chi connectivity index (χ0n) is 16.3. The summed E-state index contributed by atoms with van der Waals surface area (Å²) in [5.41, 5.74) is 0.971. The van der Waals surface area contributed by atoms with E-state index in [-0.39, 0.29) is 6.03 Å². The van der Waals surface area contributed by atoms with Crippen LogP contribution >= 0.6 is 0 Å². The summed E-state index contributed by atoms with van der Waals surface area (Å²) in [5, 5.41) is 3.11. The number of rotatable bonds is 6. The first-order valence-corrected chi connectivity index (χ1v) is 9.83. The second-order valence-electron chi connectivity index (χ2n) is 7.90. The molecule has 3 atom stereocenters. The Morgan fingerprint density at radius 3 is 3.00 bits per heavy atom. The molecule has 1 saturated carbocycles. The number of nitrogens with one attached hydrogen (secondary N) is 1. The van der Waals surface area contributed by atoms with Gasteiger partial charge in [0.2, 0.25) is 0 Å². The van der Waals surface area contributed by atoms with E-state index in [1.807, 2.05) is 20.2 Å². The number of nitrogens with zero attached hydrogens (tertiary/aromatic N) is 3. The largest absolute Gasteiger partial charge is 0.490 e. The number of hydrogen-bond acceptors (Lipinski definition) is 4. The molecule has 3 unspecified atom stereocenters. The fourth-order valence-electron chi connectivity index (χ4n) is 4.34. The van der Waals surface area contributed by atoms with Crippen molar-refractivity contribution in [2.75, 3.05) is 27.2 Å². The van der Waals surface area contributed by atoms with Crippen LogP contribution in [0.25, 0.3) is 0 Å². The number of likely N-dealkylation sites (N-methyl/N-ethyl adjacent to an activating group) is 1. The predicted octanol–water partition coefficient (Wildman–Crippen LogP) is 2.88. The zero-order chi connectivity index (χ0) is 18.5. The number of fused-ring (bicyclic) bond motifs is 1.